The molecule has 0 atom stereocenters. The van der Waals surface area contributed by atoms with Gasteiger partial charge in [0.1, 0.15) is 5.56 Å². The molecule has 0 aliphatic rings. The minimum absolute atomic E-state index is 0.0337. The molecule has 6 nitrogen and oxygen atoms in total. The van der Waals surface area contributed by atoms with Crippen LogP contribution in [-0.2, 0) is 4.79 Å². The van der Waals surface area contributed by atoms with Crippen LogP contribution in [0.15, 0.2) is 4.52 Å². The number of hydrogen-bond donors (Lipinski definition) is 1. The summed E-state index contributed by atoms with van der Waals surface area (Å²) in [6, 6.07) is 0. The zero-order valence-corrected chi connectivity index (χ0v) is 13.6. The van der Waals surface area contributed by atoms with Crippen molar-refractivity contribution in [2.24, 2.45) is 0 Å². The van der Waals surface area contributed by atoms with Gasteiger partial charge in [-0.05, 0) is 27.7 Å². The lowest BCUT2D eigenvalue weighted by Crippen LogP contribution is -2.47. The number of hydrogen-bond acceptors (Lipinski definition) is 4. The Morgan fingerprint density at radius 1 is 1.33 bits per heavy atom. The van der Waals surface area contributed by atoms with Crippen LogP contribution >= 0.6 is 0 Å². The van der Waals surface area contributed by atoms with Crippen molar-refractivity contribution in [1.82, 2.24) is 10.1 Å². The molecule has 0 aliphatic heterocycles. The number of carboxylic acid groups (broad SMARTS) is 1. The standard InChI is InChI=1S/C15H24N2O4/c1-9(2)13-12(10(3)16-21-13)14(20)17(15(4,5)6)8-7-11(18)19/h9H,7-8H2,1-6H3,(H,18,19). The SMILES string of the molecule is Cc1noc(C(C)C)c1C(=O)N(CCC(=O)O)C(C)(C)C. The lowest BCUT2D eigenvalue weighted by atomic mass is 10.00. The third-order valence-corrected chi connectivity index (χ3v) is 3.23. The highest BCUT2D eigenvalue weighted by atomic mass is 16.5. The Hall–Kier alpha value is -1.85. The Bertz CT molecular complexity index is 526. The van der Waals surface area contributed by atoms with Gasteiger partial charge in [0.05, 0.1) is 12.1 Å². The average molecular weight is 296 g/mol. The average Bonchev–Trinajstić information content (AvgIpc) is 2.68. The maximum Gasteiger partial charge on any atom is 0.305 e. The van der Waals surface area contributed by atoms with Crippen molar-refractivity contribution in [3.63, 3.8) is 0 Å². The summed E-state index contributed by atoms with van der Waals surface area (Å²) >= 11 is 0. The van der Waals surface area contributed by atoms with E-state index in [1.807, 2.05) is 34.6 Å². The molecule has 118 valence electrons. The van der Waals surface area contributed by atoms with Crippen molar-refractivity contribution in [2.75, 3.05) is 6.54 Å². The molecule has 0 unspecified atom stereocenters. The quantitative estimate of drug-likeness (QED) is 0.903. The summed E-state index contributed by atoms with van der Waals surface area (Å²) in [4.78, 5) is 25.2. The normalized spacial score (nSPS) is 11.8. The van der Waals surface area contributed by atoms with E-state index in [2.05, 4.69) is 5.16 Å². The maximum atomic E-state index is 12.8. The second-order valence-electron chi connectivity index (χ2n) is 6.43. The van der Waals surface area contributed by atoms with Crippen molar-refractivity contribution in [3.8, 4) is 0 Å². The molecule has 0 saturated carbocycles. The van der Waals surface area contributed by atoms with Crippen LogP contribution in [0.1, 0.15) is 68.8 Å². The molecule has 0 spiro atoms. The molecule has 0 fully saturated rings. The summed E-state index contributed by atoms with van der Waals surface area (Å²) in [6.45, 7) is 11.4. The van der Waals surface area contributed by atoms with E-state index in [0.717, 1.165) is 0 Å². The molecule has 0 aliphatic carbocycles. The van der Waals surface area contributed by atoms with Crippen molar-refractivity contribution in [2.45, 2.75) is 59.4 Å². The van der Waals surface area contributed by atoms with Crippen molar-refractivity contribution < 1.29 is 19.2 Å². The van der Waals surface area contributed by atoms with Crippen LogP contribution in [0.25, 0.3) is 0 Å². The zero-order chi connectivity index (χ0) is 16.4. The van der Waals surface area contributed by atoms with Gasteiger partial charge in [-0.1, -0.05) is 19.0 Å². The van der Waals surface area contributed by atoms with Crippen LogP contribution in [0.4, 0.5) is 0 Å². The van der Waals surface area contributed by atoms with Crippen LogP contribution in [0.5, 0.6) is 0 Å². The molecule has 0 radical (unpaired) electrons. The van der Waals surface area contributed by atoms with Gasteiger partial charge in [-0.15, -0.1) is 0 Å². The molecule has 6 heteroatoms. The van der Waals surface area contributed by atoms with Crippen molar-refractivity contribution >= 4 is 11.9 Å². The summed E-state index contributed by atoms with van der Waals surface area (Å²) < 4.78 is 5.25. The van der Waals surface area contributed by atoms with E-state index in [0.29, 0.717) is 17.0 Å². The largest absolute Gasteiger partial charge is 0.481 e. The van der Waals surface area contributed by atoms with Gasteiger partial charge in [0.25, 0.3) is 5.91 Å². The van der Waals surface area contributed by atoms with E-state index in [4.69, 9.17) is 9.63 Å². The van der Waals surface area contributed by atoms with E-state index in [-0.39, 0.29) is 24.8 Å². The van der Waals surface area contributed by atoms with Crippen LogP contribution in [0, 0.1) is 6.92 Å². The summed E-state index contributed by atoms with van der Waals surface area (Å²) in [5.41, 5.74) is 0.503. The van der Waals surface area contributed by atoms with E-state index >= 15 is 0 Å². The van der Waals surface area contributed by atoms with Gasteiger partial charge in [-0.25, -0.2) is 0 Å². The molecule has 1 aromatic rings. The highest BCUT2D eigenvalue weighted by Crippen LogP contribution is 2.26. The third kappa shape index (κ3) is 4.06. The lowest BCUT2D eigenvalue weighted by Gasteiger charge is -2.35. The fourth-order valence-electron chi connectivity index (χ4n) is 2.13. The first-order valence-corrected chi connectivity index (χ1v) is 7.05. The molecule has 1 heterocycles. The second kappa shape index (κ2) is 6.28. The fourth-order valence-corrected chi connectivity index (χ4v) is 2.13. The third-order valence-electron chi connectivity index (χ3n) is 3.23. The molecule has 1 rings (SSSR count). The summed E-state index contributed by atoms with van der Waals surface area (Å²) in [5, 5.41) is 12.7. The van der Waals surface area contributed by atoms with Gasteiger partial charge in [0.15, 0.2) is 5.76 Å². The predicted octanol–water partition coefficient (Wildman–Crippen LogP) is 2.82. The van der Waals surface area contributed by atoms with Crippen LogP contribution < -0.4 is 0 Å². The zero-order valence-electron chi connectivity index (χ0n) is 13.6. The molecular formula is C15H24N2O4. The lowest BCUT2D eigenvalue weighted by molar-refractivity contribution is -0.137. The number of aryl methyl sites for hydroxylation is 1. The van der Waals surface area contributed by atoms with Crippen LogP contribution in [0.2, 0.25) is 0 Å². The topological polar surface area (TPSA) is 83.6 Å². The molecule has 0 bridgehead atoms. The molecule has 1 N–H and O–H groups in total. The number of nitrogens with zero attached hydrogens (tertiary/aromatic N) is 2. The smallest absolute Gasteiger partial charge is 0.305 e. The van der Waals surface area contributed by atoms with Gasteiger partial charge in [0.2, 0.25) is 0 Å². The van der Waals surface area contributed by atoms with E-state index in [1.54, 1.807) is 11.8 Å². The Balaban J connectivity index is 3.17. The van der Waals surface area contributed by atoms with Gasteiger partial charge >= 0.3 is 5.97 Å². The first-order chi connectivity index (χ1) is 9.55. The number of aromatic nitrogens is 1. The number of amides is 1. The van der Waals surface area contributed by atoms with E-state index < -0.39 is 11.5 Å². The van der Waals surface area contributed by atoms with Crippen molar-refractivity contribution in [3.05, 3.63) is 17.0 Å². The number of rotatable bonds is 5. The second-order valence-corrected chi connectivity index (χ2v) is 6.43. The number of aliphatic carboxylic acids is 1. The summed E-state index contributed by atoms with van der Waals surface area (Å²) in [5.74, 6) is -0.581. The minimum Gasteiger partial charge on any atom is -0.481 e. The molecule has 0 saturated heterocycles. The number of carbonyl (C=O) groups excluding carboxylic acids is 1. The Labute approximate surface area is 125 Å². The molecule has 1 aromatic heterocycles. The Morgan fingerprint density at radius 3 is 2.33 bits per heavy atom. The fraction of sp³-hybridized carbons (Fsp3) is 0.667. The monoisotopic (exact) mass is 296 g/mol. The number of carbonyl (C=O) groups is 2. The molecular weight excluding hydrogens is 272 g/mol. The van der Waals surface area contributed by atoms with E-state index in [1.165, 1.54) is 0 Å². The highest BCUT2D eigenvalue weighted by Gasteiger charge is 2.32. The van der Waals surface area contributed by atoms with Gasteiger partial charge in [-0.2, -0.15) is 0 Å². The minimum atomic E-state index is -0.928. The van der Waals surface area contributed by atoms with Gasteiger partial charge in [0, 0.05) is 18.0 Å². The predicted molar refractivity (Wildman–Crippen MR) is 78.4 cm³/mol. The van der Waals surface area contributed by atoms with Gasteiger partial charge < -0.3 is 14.5 Å². The summed E-state index contributed by atoms with van der Waals surface area (Å²) in [7, 11) is 0. The Morgan fingerprint density at radius 2 is 1.90 bits per heavy atom. The molecule has 21 heavy (non-hydrogen) atoms. The first-order valence-electron chi connectivity index (χ1n) is 7.05. The molecule has 1 amide bonds. The van der Waals surface area contributed by atoms with Crippen LogP contribution in [-0.4, -0.2) is 39.1 Å². The maximum absolute atomic E-state index is 12.8. The summed E-state index contributed by atoms with van der Waals surface area (Å²) in [6.07, 6.45) is -0.0929. The Kier molecular flexibility index (Phi) is 5.15. The van der Waals surface area contributed by atoms with E-state index in [9.17, 15) is 9.59 Å². The number of carboxylic acids is 1. The van der Waals surface area contributed by atoms with Crippen molar-refractivity contribution in [1.29, 1.82) is 0 Å². The first kappa shape index (κ1) is 17.2. The highest BCUT2D eigenvalue weighted by molar-refractivity contribution is 5.97. The van der Waals surface area contributed by atoms with Crippen LogP contribution in [0.3, 0.4) is 0 Å². The van der Waals surface area contributed by atoms with Gasteiger partial charge in [-0.3, -0.25) is 9.59 Å². The molecule has 0 aromatic carbocycles.